The second-order valence-corrected chi connectivity index (χ2v) is 4.77. The van der Waals surface area contributed by atoms with Crippen LogP contribution in [0.5, 0.6) is 0 Å². The molecule has 4 nitrogen and oxygen atoms in total. The highest BCUT2D eigenvalue weighted by atomic mass is 19.1. The van der Waals surface area contributed by atoms with Gasteiger partial charge in [0.15, 0.2) is 0 Å². The zero-order chi connectivity index (χ0) is 14.4. The van der Waals surface area contributed by atoms with Crippen LogP contribution in [0, 0.1) is 18.7 Å². The average Bonchev–Trinajstić information content (AvgIpc) is 2.46. The number of hydrogen-bond donors (Lipinski definition) is 1. The number of fused-ring (bicyclic) bond motifs is 3. The third-order valence-electron chi connectivity index (χ3n) is 3.40. The topological polar surface area (TPSA) is 54.9 Å². The number of pyridine rings is 2. The summed E-state index contributed by atoms with van der Waals surface area (Å²) in [7, 11) is 0. The minimum Gasteiger partial charge on any atom is -0.325 e. The van der Waals surface area contributed by atoms with E-state index in [1.807, 2.05) is 0 Å². The van der Waals surface area contributed by atoms with Crippen LogP contribution < -0.4 is 5.32 Å². The number of aryl methyl sites for hydroxylation is 1. The van der Waals surface area contributed by atoms with Gasteiger partial charge in [-0.1, -0.05) is 0 Å². The predicted octanol–water partition coefficient (Wildman–Crippen LogP) is 2.79. The van der Waals surface area contributed by atoms with Crippen LogP contribution >= 0.6 is 0 Å². The number of nitrogens with one attached hydrogen (secondary N) is 1. The van der Waals surface area contributed by atoms with Gasteiger partial charge in [0.1, 0.15) is 5.82 Å². The smallest absolute Gasteiger partial charge is 0.231 e. The maximum atomic E-state index is 14.2. The molecule has 0 aromatic carbocycles. The van der Waals surface area contributed by atoms with Crippen molar-refractivity contribution in [1.29, 1.82) is 0 Å². The molecule has 0 saturated carbocycles. The van der Waals surface area contributed by atoms with Crippen molar-refractivity contribution in [3.8, 4) is 11.1 Å². The molecular formula is C14H11F2N3O. The standard InChI is InChI=1S/C14H11F2N3O/c1-6-3-10-12(13(16)18-6)8-4-17-5-9(15)11(8)7(2)14(20)19-10/h3-5,7H,1-2H3,(H,19,20). The summed E-state index contributed by atoms with van der Waals surface area (Å²) in [5, 5.41) is 2.61. The van der Waals surface area contributed by atoms with Gasteiger partial charge in [-0.3, -0.25) is 9.78 Å². The third-order valence-corrected chi connectivity index (χ3v) is 3.40. The van der Waals surface area contributed by atoms with Crippen molar-refractivity contribution in [3.63, 3.8) is 0 Å². The lowest BCUT2D eigenvalue weighted by Gasteiger charge is -2.11. The zero-order valence-corrected chi connectivity index (χ0v) is 10.9. The van der Waals surface area contributed by atoms with E-state index >= 15 is 0 Å². The molecule has 0 spiro atoms. The fourth-order valence-corrected chi connectivity index (χ4v) is 2.45. The van der Waals surface area contributed by atoms with Gasteiger partial charge in [-0.25, -0.2) is 9.37 Å². The molecule has 3 rings (SSSR count). The van der Waals surface area contributed by atoms with Gasteiger partial charge in [-0.15, -0.1) is 0 Å². The number of carbonyl (C=O) groups is 1. The highest BCUT2D eigenvalue weighted by Gasteiger charge is 2.30. The van der Waals surface area contributed by atoms with E-state index in [1.165, 1.54) is 6.20 Å². The molecule has 3 heterocycles. The van der Waals surface area contributed by atoms with Crippen LogP contribution in [0.25, 0.3) is 11.1 Å². The largest absolute Gasteiger partial charge is 0.325 e. The molecule has 1 atom stereocenters. The molecule has 2 aromatic heterocycles. The first kappa shape index (κ1) is 12.7. The van der Waals surface area contributed by atoms with Gasteiger partial charge in [0.25, 0.3) is 0 Å². The molecule has 1 amide bonds. The first-order valence-electron chi connectivity index (χ1n) is 6.11. The predicted molar refractivity (Wildman–Crippen MR) is 69.2 cm³/mol. The Kier molecular flexibility index (Phi) is 2.74. The summed E-state index contributed by atoms with van der Waals surface area (Å²) < 4.78 is 28.2. The van der Waals surface area contributed by atoms with Gasteiger partial charge in [-0.05, 0) is 19.9 Å². The molecule has 1 unspecified atom stereocenters. The molecule has 20 heavy (non-hydrogen) atoms. The molecule has 0 bridgehead atoms. The molecule has 0 radical (unpaired) electrons. The van der Waals surface area contributed by atoms with Crippen LogP contribution in [0.3, 0.4) is 0 Å². The lowest BCUT2D eigenvalue weighted by Crippen LogP contribution is -2.18. The van der Waals surface area contributed by atoms with Gasteiger partial charge < -0.3 is 5.32 Å². The minimum absolute atomic E-state index is 0.0790. The Hall–Kier alpha value is -2.37. The number of rotatable bonds is 0. The second kappa shape index (κ2) is 4.33. The summed E-state index contributed by atoms with van der Waals surface area (Å²) in [6.07, 6.45) is 2.38. The van der Waals surface area contributed by atoms with Crippen molar-refractivity contribution >= 4 is 11.6 Å². The average molecular weight is 275 g/mol. The van der Waals surface area contributed by atoms with Crippen LogP contribution in [-0.2, 0) is 4.79 Å². The zero-order valence-electron chi connectivity index (χ0n) is 10.9. The number of hydrogen-bond acceptors (Lipinski definition) is 3. The van der Waals surface area contributed by atoms with Crippen molar-refractivity contribution in [2.24, 2.45) is 0 Å². The van der Waals surface area contributed by atoms with Crippen LogP contribution in [0.15, 0.2) is 18.5 Å². The van der Waals surface area contributed by atoms with E-state index < -0.39 is 17.7 Å². The highest BCUT2D eigenvalue weighted by Crippen LogP contribution is 2.39. The van der Waals surface area contributed by atoms with Crippen molar-refractivity contribution in [3.05, 3.63) is 41.5 Å². The number of anilines is 1. The minimum atomic E-state index is -0.747. The van der Waals surface area contributed by atoms with Gasteiger partial charge in [-0.2, -0.15) is 4.39 Å². The molecular weight excluding hydrogens is 264 g/mol. The van der Waals surface area contributed by atoms with E-state index in [2.05, 4.69) is 15.3 Å². The van der Waals surface area contributed by atoms with Crippen molar-refractivity contribution in [2.45, 2.75) is 19.8 Å². The third kappa shape index (κ3) is 1.76. The summed E-state index contributed by atoms with van der Waals surface area (Å²) in [4.78, 5) is 19.6. The van der Waals surface area contributed by atoms with Crippen LogP contribution in [-0.4, -0.2) is 15.9 Å². The summed E-state index contributed by atoms with van der Waals surface area (Å²) in [6, 6.07) is 1.56. The van der Waals surface area contributed by atoms with Gasteiger partial charge in [0, 0.05) is 23.0 Å². The normalized spacial score (nSPS) is 17.0. The summed E-state index contributed by atoms with van der Waals surface area (Å²) in [6.45, 7) is 3.19. The summed E-state index contributed by atoms with van der Waals surface area (Å²) in [5.41, 5.74) is 1.20. The molecule has 1 aliphatic rings. The van der Waals surface area contributed by atoms with Crippen molar-refractivity contribution in [2.75, 3.05) is 5.32 Å². The van der Waals surface area contributed by atoms with E-state index in [1.54, 1.807) is 19.9 Å². The Labute approximate surface area is 113 Å². The van der Waals surface area contributed by atoms with E-state index in [4.69, 9.17) is 0 Å². The maximum absolute atomic E-state index is 14.2. The van der Waals surface area contributed by atoms with E-state index in [0.717, 1.165) is 6.20 Å². The SMILES string of the molecule is Cc1cc2c(c(F)n1)-c1cncc(F)c1C(C)C(=O)N2. The van der Waals surface area contributed by atoms with Gasteiger partial charge >= 0.3 is 0 Å². The summed E-state index contributed by atoms with van der Waals surface area (Å²) in [5.74, 6) is -2.50. The number of nitrogens with zero attached hydrogens (tertiary/aromatic N) is 2. The van der Waals surface area contributed by atoms with Crippen molar-refractivity contribution < 1.29 is 13.6 Å². The maximum Gasteiger partial charge on any atom is 0.231 e. The number of amides is 1. The van der Waals surface area contributed by atoms with Crippen LogP contribution in [0.2, 0.25) is 0 Å². The number of carbonyl (C=O) groups excluding carboxylic acids is 1. The molecule has 6 heteroatoms. The Bertz CT molecular complexity index is 731. The van der Waals surface area contributed by atoms with Gasteiger partial charge in [0.05, 0.1) is 23.4 Å². The first-order chi connectivity index (χ1) is 9.49. The first-order valence-corrected chi connectivity index (χ1v) is 6.11. The lowest BCUT2D eigenvalue weighted by molar-refractivity contribution is -0.117. The molecule has 0 aliphatic carbocycles. The Balaban J connectivity index is 2.41. The van der Waals surface area contributed by atoms with Crippen molar-refractivity contribution in [1.82, 2.24) is 9.97 Å². The Morgan fingerprint density at radius 2 is 2.05 bits per heavy atom. The Morgan fingerprint density at radius 3 is 2.80 bits per heavy atom. The molecule has 2 aromatic rings. The fraction of sp³-hybridized carbons (Fsp3) is 0.214. The fourth-order valence-electron chi connectivity index (χ4n) is 2.45. The van der Waals surface area contributed by atoms with Crippen LogP contribution in [0.4, 0.5) is 14.5 Å². The van der Waals surface area contributed by atoms with E-state index in [0.29, 0.717) is 5.69 Å². The highest BCUT2D eigenvalue weighted by molar-refractivity contribution is 6.03. The van der Waals surface area contributed by atoms with E-state index in [-0.39, 0.29) is 28.3 Å². The molecule has 0 fully saturated rings. The van der Waals surface area contributed by atoms with Gasteiger partial charge in [0.2, 0.25) is 11.9 Å². The number of halogens is 2. The molecule has 102 valence electrons. The van der Waals surface area contributed by atoms with Crippen LogP contribution in [0.1, 0.15) is 24.1 Å². The quantitative estimate of drug-likeness (QED) is 0.752. The second-order valence-electron chi connectivity index (χ2n) is 4.77. The van der Waals surface area contributed by atoms with E-state index in [9.17, 15) is 13.6 Å². The Morgan fingerprint density at radius 1 is 1.30 bits per heavy atom. The molecule has 1 aliphatic heterocycles. The summed E-state index contributed by atoms with van der Waals surface area (Å²) >= 11 is 0. The monoisotopic (exact) mass is 275 g/mol. The molecule has 0 saturated heterocycles. The number of aromatic nitrogens is 2. The molecule has 1 N–H and O–H groups in total. The lowest BCUT2D eigenvalue weighted by atomic mass is 9.94.